The van der Waals surface area contributed by atoms with E-state index < -0.39 is 7.82 Å². The lowest BCUT2D eigenvalue weighted by Crippen LogP contribution is -2.30. The third-order valence-corrected chi connectivity index (χ3v) is 2.99. The number of benzene rings is 2. The Morgan fingerprint density at radius 3 is 2.11 bits per heavy atom. The van der Waals surface area contributed by atoms with Gasteiger partial charge in [0.2, 0.25) is 0 Å². The van der Waals surface area contributed by atoms with E-state index in [9.17, 15) is 9.46 Å². The van der Waals surface area contributed by atoms with Gasteiger partial charge in [-0.1, -0.05) is 36.4 Å². The molecule has 0 fully saturated rings. The highest BCUT2D eigenvalue weighted by molar-refractivity contribution is 7.47. The molecule has 0 heterocycles. The number of hydrogen-bond acceptors (Lipinski definition) is 5. The van der Waals surface area contributed by atoms with Gasteiger partial charge in [-0.05, 0) is 24.3 Å². The number of phosphoric ester groups is 1. The van der Waals surface area contributed by atoms with Crippen molar-refractivity contribution in [3.8, 4) is 5.75 Å². The molecule has 2 aromatic rings. The number of nitrogens with zero attached hydrogens (tertiary/aromatic N) is 1. The Bertz CT molecular complexity index is 564. The first-order chi connectivity index (χ1) is 9.07. The van der Waals surface area contributed by atoms with Gasteiger partial charge in [-0.3, -0.25) is 4.89 Å². The first-order valence-electron chi connectivity index (χ1n) is 5.44. The van der Waals surface area contributed by atoms with E-state index in [1.165, 1.54) is 12.1 Å². The van der Waals surface area contributed by atoms with Gasteiger partial charge >= 0.3 is 7.82 Å². The van der Waals surface area contributed by atoms with Crippen molar-refractivity contribution in [1.29, 1.82) is 0 Å². The van der Waals surface area contributed by atoms with Gasteiger partial charge in [-0.2, -0.15) is 5.17 Å². The van der Waals surface area contributed by atoms with E-state index in [4.69, 9.17) is 15.0 Å². The molecular weight excluding hydrogens is 267 g/mol. The summed E-state index contributed by atoms with van der Waals surface area (Å²) in [6.07, 6.45) is 0. The lowest BCUT2D eigenvalue weighted by molar-refractivity contribution is 0.185. The molecule has 2 aromatic carbocycles. The van der Waals surface area contributed by atoms with Crippen LogP contribution in [0.25, 0.3) is 0 Å². The van der Waals surface area contributed by atoms with Crippen molar-refractivity contribution >= 4 is 13.5 Å². The molecule has 2 rings (SSSR count). The Morgan fingerprint density at radius 2 is 1.53 bits per heavy atom. The van der Waals surface area contributed by atoms with Crippen LogP contribution in [-0.4, -0.2) is 4.89 Å². The van der Waals surface area contributed by atoms with Gasteiger partial charge in [0.25, 0.3) is 0 Å². The topological polar surface area (TPSA) is 85.0 Å². The first-order valence-corrected chi connectivity index (χ1v) is 6.93. The second-order valence-electron chi connectivity index (χ2n) is 3.62. The zero-order chi connectivity index (χ0) is 13.7. The quantitative estimate of drug-likeness (QED) is 0.497. The molecule has 0 saturated heterocycles. The third-order valence-electron chi connectivity index (χ3n) is 2.17. The van der Waals surface area contributed by atoms with Gasteiger partial charge < -0.3 is 4.52 Å². The van der Waals surface area contributed by atoms with Crippen molar-refractivity contribution in [2.75, 3.05) is 5.17 Å². The van der Waals surface area contributed by atoms with Crippen molar-refractivity contribution in [2.24, 2.45) is 5.84 Å². The first kappa shape index (κ1) is 13.6. The molecule has 0 spiro atoms. The third kappa shape index (κ3) is 4.08. The number of anilines is 1. The molecule has 1 atom stereocenters. The van der Waals surface area contributed by atoms with Gasteiger partial charge in [0.1, 0.15) is 5.75 Å². The molecule has 0 radical (unpaired) electrons. The zero-order valence-corrected chi connectivity index (χ0v) is 10.8. The van der Waals surface area contributed by atoms with Crippen molar-refractivity contribution in [3.63, 3.8) is 0 Å². The lowest BCUT2D eigenvalue weighted by atomic mass is 10.3. The number of rotatable bonds is 5. The van der Waals surface area contributed by atoms with Crippen LogP contribution >= 0.6 is 7.82 Å². The number of hydrogen-bond donors (Lipinski definition) is 2. The minimum absolute atomic E-state index is 0.217. The average molecular weight is 280 g/mol. The molecule has 0 amide bonds. The molecular formula is C12H13N2O4P. The van der Waals surface area contributed by atoms with Crippen LogP contribution in [0.1, 0.15) is 0 Å². The molecule has 7 heteroatoms. The number of phosphoric acid groups is 1. The van der Waals surface area contributed by atoms with E-state index in [1.54, 1.807) is 48.5 Å². The summed E-state index contributed by atoms with van der Waals surface area (Å²) in [5.74, 6) is 5.75. The number of nitrogens with two attached hydrogens (primary N) is 1. The molecule has 0 aliphatic rings. The molecule has 0 aliphatic carbocycles. The smallest absolute Gasteiger partial charge is 0.403 e. The predicted octanol–water partition coefficient (Wildman–Crippen LogP) is 2.48. The molecule has 0 bridgehead atoms. The van der Waals surface area contributed by atoms with Gasteiger partial charge in [0.05, 0.1) is 5.69 Å². The molecule has 0 aliphatic heterocycles. The van der Waals surface area contributed by atoms with Crippen LogP contribution in [0.15, 0.2) is 60.7 Å². The highest BCUT2D eigenvalue weighted by Gasteiger charge is 2.27. The second-order valence-corrected chi connectivity index (χ2v) is 4.90. The Morgan fingerprint density at radius 1 is 1.00 bits per heavy atom. The van der Waals surface area contributed by atoms with Gasteiger partial charge in [0, 0.05) is 0 Å². The van der Waals surface area contributed by atoms with Crippen LogP contribution in [0.2, 0.25) is 0 Å². The molecule has 100 valence electrons. The Labute approximate surface area is 110 Å². The Balaban J connectivity index is 2.03. The minimum atomic E-state index is -4.34. The van der Waals surface area contributed by atoms with E-state index in [2.05, 4.69) is 0 Å². The van der Waals surface area contributed by atoms with Crippen LogP contribution in [0.4, 0.5) is 5.69 Å². The lowest BCUT2D eigenvalue weighted by Gasteiger charge is -2.20. The van der Waals surface area contributed by atoms with Crippen LogP contribution in [0, 0.1) is 0 Å². The molecule has 0 saturated carbocycles. The molecule has 0 aromatic heterocycles. The van der Waals surface area contributed by atoms with E-state index in [-0.39, 0.29) is 5.75 Å². The number of hydrazine groups is 1. The standard InChI is InChI=1S/C12H13N2O4P/c13-14(11-7-3-1-4-8-11)18-19(15,16)17-12-9-5-2-6-10-12/h1-10H,13H2,(H,15,16). The summed E-state index contributed by atoms with van der Waals surface area (Å²) >= 11 is 0. The summed E-state index contributed by atoms with van der Waals surface area (Å²) < 4.78 is 21.3. The van der Waals surface area contributed by atoms with Crippen molar-refractivity contribution < 1.29 is 18.6 Å². The Kier molecular flexibility index (Phi) is 4.19. The monoisotopic (exact) mass is 280 g/mol. The van der Waals surface area contributed by atoms with E-state index in [0.29, 0.717) is 10.9 Å². The largest absolute Gasteiger partial charge is 0.550 e. The highest BCUT2D eigenvalue weighted by atomic mass is 31.2. The van der Waals surface area contributed by atoms with Crippen LogP contribution in [0.3, 0.4) is 0 Å². The van der Waals surface area contributed by atoms with Gasteiger partial charge in [-0.25, -0.2) is 10.4 Å². The molecule has 6 nitrogen and oxygen atoms in total. The predicted molar refractivity (Wildman–Crippen MR) is 71.1 cm³/mol. The molecule has 19 heavy (non-hydrogen) atoms. The van der Waals surface area contributed by atoms with Crippen LogP contribution in [0.5, 0.6) is 5.75 Å². The maximum Gasteiger partial charge on any atom is 0.550 e. The normalized spacial score (nSPS) is 13.6. The summed E-state index contributed by atoms with van der Waals surface area (Å²) in [7, 11) is -4.34. The summed E-state index contributed by atoms with van der Waals surface area (Å²) in [6.45, 7) is 0. The maximum atomic E-state index is 11.8. The van der Waals surface area contributed by atoms with E-state index >= 15 is 0 Å². The minimum Gasteiger partial charge on any atom is -0.403 e. The second kappa shape index (κ2) is 5.86. The fraction of sp³-hybridized carbons (Fsp3) is 0. The van der Waals surface area contributed by atoms with Crippen molar-refractivity contribution in [2.45, 2.75) is 0 Å². The van der Waals surface area contributed by atoms with Crippen LogP contribution in [-0.2, 0) is 9.19 Å². The van der Waals surface area contributed by atoms with E-state index in [1.807, 2.05) is 0 Å². The van der Waals surface area contributed by atoms with Gasteiger partial charge in [-0.15, -0.1) is 4.62 Å². The summed E-state index contributed by atoms with van der Waals surface area (Å²) in [5, 5.41) is 0.698. The molecule has 1 unspecified atom stereocenters. The van der Waals surface area contributed by atoms with E-state index in [0.717, 1.165) is 0 Å². The Hall–Kier alpha value is -1.85. The summed E-state index contributed by atoms with van der Waals surface area (Å²) in [6, 6.07) is 16.7. The fourth-order valence-electron chi connectivity index (χ4n) is 1.36. The zero-order valence-electron chi connectivity index (χ0n) is 9.92. The fourth-order valence-corrected chi connectivity index (χ4v) is 2.10. The summed E-state index contributed by atoms with van der Waals surface area (Å²) in [4.78, 5) is 9.59. The maximum absolute atomic E-state index is 11.8. The van der Waals surface area contributed by atoms with Gasteiger partial charge in [0.15, 0.2) is 0 Å². The van der Waals surface area contributed by atoms with Crippen molar-refractivity contribution in [3.05, 3.63) is 60.7 Å². The number of para-hydroxylation sites is 2. The van der Waals surface area contributed by atoms with Crippen LogP contribution < -0.4 is 15.5 Å². The summed E-state index contributed by atoms with van der Waals surface area (Å²) in [5.41, 5.74) is 0.424. The highest BCUT2D eigenvalue weighted by Crippen LogP contribution is 2.44. The SMILES string of the molecule is NN(OP(=O)(O)Oc1ccccc1)c1ccccc1. The van der Waals surface area contributed by atoms with Crippen molar-refractivity contribution in [1.82, 2.24) is 0 Å². The average Bonchev–Trinajstić information content (AvgIpc) is 2.39. The molecule has 3 N–H and O–H groups in total.